The fourth-order valence-electron chi connectivity index (χ4n) is 2.25. The van der Waals surface area contributed by atoms with Gasteiger partial charge in [0.05, 0.1) is 19.7 Å². The zero-order chi connectivity index (χ0) is 14.5. The average Bonchev–Trinajstić information content (AvgIpc) is 3.19. The molecule has 2 aromatic rings. The van der Waals surface area contributed by atoms with E-state index in [0.717, 1.165) is 18.1 Å². The first-order valence-electron chi connectivity index (χ1n) is 6.83. The highest BCUT2D eigenvalue weighted by Crippen LogP contribution is 2.23. The zero-order valence-corrected chi connectivity index (χ0v) is 13.2. The minimum atomic E-state index is -0.0103. The second-order valence-corrected chi connectivity index (χ2v) is 6.78. The lowest BCUT2D eigenvalue weighted by atomic mass is 10.2. The van der Waals surface area contributed by atoms with E-state index in [1.54, 1.807) is 28.9 Å². The number of nitrogens with zero attached hydrogens (tertiary/aromatic N) is 2. The van der Waals surface area contributed by atoms with Gasteiger partial charge in [0.1, 0.15) is 11.1 Å². The fourth-order valence-corrected chi connectivity index (χ4v) is 3.57. The third kappa shape index (κ3) is 4.10. The van der Waals surface area contributed by atoms with Crippen molar-refractivity contribution in [2.24, 2.45) is 0 Å². The molecule has 1 aliphatic heterocycles. The molecular weight excluding hydrogens is 306 g/mol. The van der Waals surface area contributed by atoms with Crippen LogP contribution in [0.5, 0.6) is 0 Å². The molecule has 1 fully saturated rings. The molecule has 0 bridgehead atoms. The topological polar surface area (TPSA) is 54.5 Å². The summed E-state index contributed by atoms with van der Waals surface area (Å²) in [4.78, 5) is 19.6. The Morgan fingerprint density at radius 1 is 1.48 bits per heavy atom. The number of amides is 1. The Balaban J connectivity index is 1.47. The first kappa shape index (κ1) is 14.6. The number of rotatable bonds is 5. The summed E-state index contributed by atoms with van der Waals surface area (Å²) in [6.45, 7) is 3.17. The molecule has 21 heavy (non-hydrogen) atoms. The number of aromatic nitrogens is 1. The van der Waals surface area contributed by atoms with Gasteiger partial charge in [0, 0.05) is 29.5 Å². The predicted octanol–water partition coefficient (Wildman–Crippen LogP) is 1.89. The van der Waals surface area contributed by atoms with Gasteiger partial charge in [-0.2, -0.15) is 0 Å². The van der Waals surface area contributed by atoms with Crippen LogP contribution in [-0.2, 0) is 16.1 Å². The molecule has 1 aliphatic rings. The lowest BCUT2D eigenvalue weighted by molar-refractivity contribution is -0.124. The average molecular weight is 323 g/mol. The smallest absolute Gasteiger partial charge is 0.234 e. The van der Waals surface area contributed by atoms with E-state index in [2.05, 4.69) is 15.2 Å². The molecule has 7 heteroatoms. The Hall–Kier alpha value is -1.28. The number of thiazole rings is 1. The molecule has 3 heterocycles. The number of nitrogens with one attached hydrogen (secondary N) is 1. The van der Waals surface area contributed by atoms with Crippen molar-refractivity contribution in [1.82, 2.24) is 15.2 Å². The molecule has 0 saturated carbocycles. The molecule has 0 aromatic carbocycles. The highest BCUT2D eigenvalue weighted by molar-refractivity contribution is 7.10. The highest BCUT2D eigenvalue weighted by atomic mass is 32.1. The minimum absolute atomic E-state index is 0.0103. The number of hydrogen-bond donors (Lipinski definition) is 1. The number of ether oxygens (including phenoxy) is 1. The third-order valence-corrected chi connectivity index (χ3v) is 5.03. The van der Waals surface area contributed by atoms with Crippen molar-refractivity contribution >= 4 is 28.6 Å². The van der Waals surface area contributed by atoms with Gasteiger partial charge in [-0.25, -0.2) is 4.98 Å². The van der Waals surface area contributed by atoms with Gasteiger partial charge in [0.25, 0.3) is 0 Å². The monoisotopic (exact) mass is 323 g/mol. The molecule has 1 saturated heterocycles. The van der Waals surface area contributed by atoms with Crippen LogP contribution >= 0.6 is 22.7 Å². The lowest BCUT2D eigenvalue weighted by Crippen LogP contribution is -2.44. The molecule has 0 radical (unpaired) electrons. The van der Waals surface area contributed by atoms with E-state index in [4.69, 9.17) is 4.74 Å². The van der Waals surface area contributed by atoms with Crippen LogP contribution in [0.4, 0.5) is 0 Å². The van der Waals surface area contributed by atoms with E-state index >= 15 is 0 Å². The van der Waals surface area contributed by atoms with Gasteiger partial charge >= 0.3 is 0 Å². The van der Waals surface area contributed by atoms with Crippen LogP contribution in [0, 0.1) is 0 Å². The molecule has 1 atom stereocenters. The Bertz CT molecular complexity index is 557. The van der Waals surface area contributed by atoms with Gasteiger partial charge in [-0.15, -0.1) is 22.7 Å². The third-order valence-electron chi connectivity index (χ3n) is 3.28. The van der Waals surface area contributed by atoms with E-state index < -0.39 is 0 Å². The first-order chi connectivity index (χ1) is 10.3. The van der Waals surface area contributed by atoms with Gasteiger partial charge in [-0.05, 0) is 11.4 Å². The summed E-state index contributed by atoms with van der Waals surface area (Å²) in [5.41, 5.74) is 0. The lowest BCUT2D eigenvalue weighted by Gasteiger charge is -2.31. The molecule has 1 N–H and O–H groups in total. The van der Waals surface area contributed by atoms with Crippen LogP contribution in [0.25, 0.3) is 0 Å². The molecule has 3 rings (SSSR count). The van der Waals surface area contributed by atoms with Crippen molar-refractivity contribution in [2.75, 3.05) is 26.2 Å². The SMILES string of the molecule is O=C(CN1CCOC(c2nccs2)C1)NCc1cccs1. The summed E-state index contributed by atoms with van der Waals surface area (Å²) >= 11 is 3.25. The van der Waals surface area contributed by atoms with Crippen molar-refractivity contribution in [3.8, 4) is 0 Å². The summed E-state index contributed by atoms with van der Waals surface area (Å²) in [7, 11) is 0. The maximum absolute atomic E-state index is 12.0. The van der Waals surface area contributed by atoms with Gasteiger partial charge in [0.15, 0.2) is 0 Å². The van der Waals surface area contributed by atoms with Crippen molar-refractivity contribution in [3.63, 3.8) is 0 Å². The molecule has 0 spiro atoms. The van der Waals surface area contributed by atoms with Gasteiger partial charge in [0.2, 0.25) is 5.91 Å². The molecular formula is C14H17N3O2S2. The quantitative estimate of drug-likeness (QED) is 0.913. The van der Waals surface area contributed by atoms with E-state index in [-0.39, 0.29) is 12.0 Å². The number of carbonyl (C=O) groups excluding carboxylic acids is 1. The largest absolute Gasteiger partial charge is 0.368 e. The first-order valence-corrected chi connectivity index (χ1v) is 8.59. The Morgan fingerprint density at radius 3 is 3.19 bits per heavy atom. The van der Waals surface area contributed by atoms with Gasteiger partial charge in [-0.3, -0.25) is 9.69 Å². The van der Waals surface area contributed by atoms with Crippen molar-refractivity contribution in [1.29, 1.82) is 0 Å². The molecule has 112 valence electrons. The summed E-state index contributed by atoms with van der Waals surface area (Å²) in [6, 6.07) is 4.02. The van der Waals surface area contributed by atoms with Crippen molar-refractivity contribution in [2.45, 2.75) is 12.6 Å². The Labute approximate surface area is 131 Å². The number of morpholine rings is 1. The number of carbonyl (C=O) groups is 1. The van der Waals surface area contributed by atoms with Crippen molar-refractivity contribution < 1.29 is 9.53 Å². The van der Waals surface area contributed by atoms with Crippen molar-refractivity contribution in [3.05, 3.63) is 39.0 Å². The number of thiophene rings is 1. The Morgan fingerprint density at radius 2 is 2.43 bits per heavy atom. The minimum Gasteiger partial charge on any atom is -0.368 e. The predicted molar refractivity (Wildman–Crippen MR) is 83.4 cm³/mol. The molecule has 0 aliphatic carbocycles. The molecule has 5 nitrogen and oxygen atoms in total. The summed E-state index contributed by atoms with van der Waals surface area (Å²) in [5.74, 6) is 0.0585. The summed E-state index contributed by atoms with van der Waals surface area (Å²) in [6.07, 6.45) is 1.78. The maximum atomic E-state index is 12.0. The van der Waals surface area contributed by atoms with E-state index in [0.29, 0.717) is 19.7 Å². The highest BCUT2D eigenvalue weighted by Gasteiger charge is 2.24. The molecule has 2 aromatic heterocycles. The van der Waals surface area contributed by atoms with Crippen LogP contribution in [0.2, 0.25) is 0 Å². The van der Waals surface area contributed by atoms with Crippen LogP contribution in [0.1, 0.15) is 16.0 Å². The number of hydrogen-bond acceptors (Lipinski definition) is 6. The molecule has 1 amide bonds. The van der Waals surface area contributed by atoms with Crippen LogP contribution in [0.15, 0.2) is 29.1 Å². The summed E-state index contributed by atoms with van der Waals surface area (Å²) < 4.78 is 5.73. The van der Waals surface area contributed by atoms with Crippen LogP contribution in [-0.4, -0.2) is 42.0 Å². The zero-order valence-electron chi connectivity index (χ0n) is 11.5. The Kier molecular flexibility index (Phi) is 4.97. The van der Waals surface area contributed by atoms with Crippen LogP contribution in [0.3, 0.4) is 0 Å². The normalized spacial score (nSPS) is 19.5. The molecule has 1 unspecified atom stereocenters. The second kappa shape index (κ2) is 7.13. The second-order valence-electron chi connectivity index (χ2n) is 4.82. The van der Waals surface area contributed by atoms with E-state index in [9.17, 15) is 4.79 Å². The van der Waals surface area contributed by atoms with Gasteiger partial charge < -0.3 is 10.1 Å². The summed E-state index contributed by atoms with van der Waals surface area (Å²) in [5, 5.41) is 7.91. The fraction of sp³-hybridized carbons (Fsp3) is 0.429. The van der Waals surface area contributed by atoms with Gasteiger partial charge in [-0.1, -0.05) is 6.07 Å². The van der Waals surface area contributed by atoms with E-state index in [1.807, 2.05) is 22.9 Å². The maximum Gasteiger partial charge on any atom is 0.234 e. The van der Waals surface area contributed by atoms with Crippen LogP contribution < -0.4 is 5.32 Å². The van der Waals surface area contributed by atoms with E-state index in [1.165, 1.54) is 4.88 Å². The standard InChI is InChI=1S/C14H17N3O2S2/c18-13(16-8-11-2-1-6-20-11)10-17-4-5-19-12(9-17)14-15-3-7-21-14/h1-3,6-7,12H,4-5,8-10H2,(H,16,18).